The van der Waals surface area contributed by atoms with Crippen LogP contribution in [0, 0.1) is 5.82 Å². The number of rotatable bonds is 9. The first-order chi connectivity index (χ1) is 17.0. The van der Waals surface area contributed by atoms with Crippen molar-refractivity contribution in [2.45, 2.75) is 19.5 Å². The molecule has 2 aromatic heterocycles. The largest absolute Gasteiger partial charge is 0.369 e. The lowest BCUT2D eigenvalue weighted by Gasteiger charge is -2.15. The zero-order valence-corrected chi connectivity index (χ0v) is 20.6. The molecule has 4 aromatic rings. The summed E-state index contributed by atoms with van der Waals surface area (Å²) in [5, 5.41) is 6.18. The molecule has 0 atom stereocenters. The van der Waals surface area contributed by atoms with E-state index in [2.05, 4.69) is 31.5 Å². The summed E-state index contributed by atoms with van der Waals surface area (Å²) in [4.78, 5) is 22.4. The summed E-state index contributed by atoms with van der Waals surface area (Å²) in [6.45, 7) is 1.07. The third kappa shape index (κ3) is 6.49. The van der Waals surface area contributed by atoms with E-state index in [0.29, 0.717) is 41.1 Å². The van der Waals surface area contributed by atoms with Crippen molar-refractivity contribution in [3.63, 3.8) is 0 Å². The molecule has 8 heteroatoms. The van der Waals surface area contributed by atoms with Gasteiger partial charge < -0.3 is 16.4 Å². The molecule has 35 heavy (non-hydrogen) atoms. The van der Waals surface area contributed by atoms with Crippen LogP contribution in [-0.2, 0) is 19.5 Å². The molecule has 6 nitrogen and oxygen atoms in total. The molecule has 0 aliphatic heterocycles. The average Bonchev–Trinajstić information content (AvgIpc) is 2.88. The molecule has 4 rings (SSSR count). The van der Waals surface area contributed by atoms with Crippen molar-refractivity contribution >= 4 is 27.7 Å². The lowest BCUT2D eigenvalue weighted by molar-refractivity contribution is 0.0951. The van der Waals surface area contributed by atoms with Gasteiger partial charge in [0.1, 0.15) is 11.6 Å². The number of hydrogen-bond acceptors (Lipinski definition) is 5. The highest BCUT2D eigenvalue weighted by atomic mass is 79.9. The summed E-state index contributed by atoms with van der Waals surface area (Å²) in [5.41, 5.74) is 10.0. The number of nitrogens with one attached hydrogen (secondary N) is 2. The van der Waals surface area contributed by atoms with Gasteiger partial charge in [-0.1, -0.05) is 48.5 Å². The lowest BCUT2D eigenvalue weighted by atomic mass is 10.1. The van der Waals surface area contributed by atoms with E-state index in [0.717, 1.165) is 22.5 Å². The Bertz CT molecular complexity index is 1320. The van der Waals surface area contributed by atoms with Crippen LogP contribution < -0.4 is 16.4 Å². The summed E-state index contributed by atoms with van der Waals surface area (Å²) < 4.78 is 14.2. The number of halogens is 2. The van der Waals surface area contributed by atoms with Crippen molar-refractivity contribution in [1.82, 2.24) is 15.3 Å². The molecule has 0 unspecified atom stereocenters. The molecule has 2 heterocycles. The van der Waals surface area contributed by atoms with Crippen LogP contribution in [0.4, 0.5) is 10.2 Å². The second-order valence-electron chi connectivity index (χ2n) is 7.89. The zero-order valence-electron chi connectivity index (χ0n) is 19.0. The number of benzene rings is 2. The predicted octanol–water partition coefficient (Wildman–Crippen LogP) is 5.09. The molecule has 0 radical (unpaired) electrons. The van der Waals surface area contributed by atoms with E-state index in [1.165, 1.54) is 12.1 Å². The first-order valence-electron chi connectivity index (χ1n) is 11.2. The molecule has 0 bridgehead atoms. The van der Waals surface area contributed by atoms with Crippen molar-refractivity contribution in [2.24, 2.45) is 5.73 Å². The quantitative estimate of drug-likeness (QED) is 0.278. The number of carbonyl (C=O) groups excluding carboxylic acids is 1. The number of hydrogen-bond donors (Lipinski definition) is 3. The normalized spacial score (nSPS) is 10.7. The van der Waals surface area contributed by atoms with E-state index in [-0.39, 0.29) is 18.3 Å². The monoisotopic (exact) mass is 533 g/mol. The van der Waals surface area contributed by atoms with Crippen LogP contribution in [0.3, 0.4) is 0 Å². The highest BCUT2D eigenvalue weighted by Crippen LogP contribution is 2.30. The van der Waals surface area contributed by atoms with Gasteiger partial charge >= 0.3 is 0 Å². The summed E-state index contributed by atoms with van der Waals surface area (Å²) in [7, 11) is 0. The average molecular weight is 534 g/mol. The molecule has 0 saturated carbocycles. The van der Waals surface area contributed by atoms with E-state index < -0.39 is 0 Å². The van der Waals surface area contributed by atoms with Crippen molar-refractivity contribution in [3.8, 4) is 11.3 Å². The van der Waals surface area contributed by atoms with Gasteiger partial charge in [0.25, 0.3) is 5.91 Å². The molecule has 0 fully saturated rings. The molecular formula is C27H25BrFN5O. The van der Waals surface area contributed by atoms with E-state index >= 15 is 0 Å². The highest BCUT2D eigenvalue weighted by molar-refractivity contribution is 9.10. The number of anilines is 1. The Balaban J connectivity index is 1.57. The van der Waals surface area contributed by atoms with Gasteiger partial charge in [0.2, 0.25) is 0 Å². The second-order valence-corrected chi connectivity index (χ2v) is 8.75. The molecular weight excluding hydrogens is 509 g/mol. The summed E-state index contributed by atoms with van der Waals surface area (Å²) in [5.74, 6) is -0.112. The minimum atomic E-state index is -0.286. The van der Waals surface area contributed by atoms with Gasteiger partial charge in [0.15, 0.2) is 0 Å². The smallest absolute Gasteiger partial charge is 0.255 e. The molecule has 2 aromatic carbocycles. The van der Waals surface area contributed by atoms with Gasteiger partial charge in [-0.3, -0.25) is 9.78 Å². The molecule has 1 amide bonds. The van der Waals surface area contributed by atoms with Crippen LogP contribution >= 0.6 is 15.9 Å². The van der Waals surface area contributed by atoms with E-state index in [9.17, 15) is 9.18 Å². The van der Waals surface area contributed by atoms with Crippen LogP contribution in [0.15, 0.2) is 83.3 Å². The van der Waals surface area contributed by atoms with Crippen molar-refractivity contribution in [2.75, 3.05) is 11.9 Å². The first kappa shape index (κ1) is 24.5. The second kappa shape index (κ2) is 11.7. The highest BCUT2D eigenvalue weighted by Gasteiger charge is 2.18. The van der Waals surface area contributed by atoms with Gasteiger partial charge in [-0.05, 0) is 58.2 Å². The molecule has 4 N–H and O–H groups in total. The fraction of sp³-hybridized carbons (Fsp3) is 0.148. The lowest BCUT2D eigenvalue weighted by Crippen LogP contribution is -2.25. The van der Waals surface area contributed by atoms with Crippen LogP contribution in [-0.4, -0.2) is 22.4 Å². The number of aromatic nitrogens is 2. The number of pyridine rings is 2. The predicted molar refractivity (Wildman–Crippen MR) is 139 cm³/mol. The van der Waals surface area contributed by atoms with Gasteiger partial charge in [0.05, 0.1) is 29.2 Å². The molecule has 0 aliphatic rings. The molecule has 178 valence electrons. The van der Waals surface area contributed by atoms with Crippen molar-refractivity contribution in [1.29, 1.82) is 0 Å². The molecule has 0 aliphatic carbocycles. The number of nitrogens with zero attached hydrogens (tertiary/aromatic N) is 2. The number of amides is 1. The summed E-state index contributed by atoms with van der Waals surface area (Å²) >= 11 is 3.58. The number of nitrogens with two attached hydrogens (primary N) is 1. The minimum Gasteiger partial charge on any atom is -0.369 e. The Morgan fingerprint density at radius 2 is 1.71 bits per heavy atom. The van der Waals surface area contributed by atoms with Crippen molar-refractivity contribution < 1.29 is 9.18 Å². The molecule has 0 spiro atoms. The van der Waals surface area contributed by atoms with E-state index in [1.807, 2.05) is 54.6 Å². The van der Waals surface area contributed by atoms with Gasteiger partial charge in [-0.25, -0.2) is 9.37 Å². The van der Waals surface area contributed by atoms with Gasteiger partial charge in [-0.2, -0.15) is 0 Å². The zero-order chi connectivity index (χ0) is 24.6. The summed E-state index contributed by atoms with van der Waals surface area (Å²) in [6, 6.07) is 23.5. The van der Waals surface area contributed by atoms with Crippen LogP contribution in [0.5, 0.6) is 0 Å². The fourth-order valence-electron chi connectivity index (χ4n) is 3.62. The summed E-state index contributed by atoms with van der Waals surface area (Å²) in [6.07, 6.45) is 0.576. The third-order valence-electron chi connectivity index (χ3n) is 5.37. The molecule has 0 saturated heterocycles. The maximum atomic E-state index is 13.5. The Kier molecular flexibility index (Phi) is 8.18. The van der Waals surface area contributed by atoms with E-state index in [1.54, 1.807) is 12.1 Å². The Morgan fingerprint density at radius 3 is 2.49 bits per heavy atom. The third-order valence-corrected chi connectivity index (χ3v) is 5.97. The van der Waals surface area contributed by atoms with Gasteiger partial charge in [-0.15, -0.1) is 0 Å². The van der Waals surface area contributed by atoms with Crippen LogP contribution in [0.25, 0.3) is 11.3 Å². The van der Waals surface area contributed by atoms with Crippen LogP contribution in [0.1, 0.15) is 27.3 Å². The Hall–Kier alpha value is -3.62. The fourth-order valence-corrected chi connectivity index (χ4v) is 4.17. The van der Waals surface area contributed by atoms with E-state index in [4.69, 9.17) is 10.7 Å². The topological polar surface area (TPSA) is 92.9 Å². The minimum absolute atomic E-state index is 0.257. The number of carbonyl (C=O) groups is 1. The first-order valence-corrected chi connectivity index (χ1v) is 12.0. The van der Waals surface area contributed by atoms with Crippen LogP contribution in [0.2, 0.25) is 0 Å². The van der Waals surface area contributed by atoms with Gasteiger partial charge in [0, 0.05) is 23.1 Å². The maximum absolute atomic E-state index is 13.5. The maximum Gasteiger partial charge on any atom is 0.255 e. The van der Waals surface area contributed by atoms with Crippen molar-refractivity contribution in [3.05, 3.63) is 112 Å². The standard InChI is InChI=1S/C27H25BrFN5O/c28-24-15-23(27(35)32-17-22-11-5-10-21(16-30)33-22)26(34-25(24)19-7-2-1-3-8-19)31-13-12-18-6-4-9-20(29)14-18/h1-11,14-15H,12-13,16-17,30H2,(H,31,34)(H,32,35). The Morgan fingerprint density at radius 1 is 0.943 bits per heavy atom. The SMILES string of the molecule is NCc1cccc(CNC(=O)c2cc(Br)c(-c3ccccc3)nc2NCCc2cccc(F)c2)n1. The Labute approximate surface area is 212 Å².